The van der Waals surface area contributed by atoms with E-state index in [1.807, 2.05) is 0 Å². The Bertz CT molecular complexity index is 1450. The van der Waals surface area contributed by atoms with Gasteiger partial charge in [-0.2, -0.15) is 4.98 Å². The normalized spacial score (nSPS) is 11.6. The maximum Gasteiger partial charge on any atom is 0.326 e. The van der Waals surface area contributed by atoms with Crippen LogP contribution in [-0.4, -0.2) is 38.9 Å². The lowest BCUT2D eigenvalue weighted by atomic mass is 9.98. The van der Waals surface area contributed by atoms with Gasteiger partial charge in [-0.25, -0.2) is 4.79 Å². The lowest BCUT2D eigenvalue weighted by Gasteiger charge is -2.16. The predicted molar refractivity (Wildman–Crippen MR) is 138 cm³/mol. The van der Waals surface area contributed by atoms with E-state index in [-0.39, 0.29) is 46.1 Å². The number of nitrogen functional groups attached to an aromatic ring is 1. The zero-order chi connectivity index (χ0) is 26.5. The maximum atomic E-state index is 12.8. The summed E-state index contributed by atoms with van der Waals surface area (Å²) in [6.45, 7) is 0. The number of nitrogens with one attached hydrogen (secondary N) is 1. The number of benzene rings is 3. The fourth-order valence-electron chi connectivity index (χ4n) is 3.64. The highest BCUT2D eigenvalue weighted by Gasteiger charge is 2.24. The van der Waals surface area contributed by atoms with Crippen LogP contribution in [-0.2, 0) is 17.6 Å². The van der Waals surface area contributed by atoms with Gasteiger partial charge in [0, 0.05) is 24.0 Å². The molecule has 4 N–H and O–H groups in total. The van der Waals surface area contributed by atoms with Crippen molar-refractivity contribution in [3.05, 3.63) is 99.0 Å². The zero-order valence-corrected chi connectivity index (χ0v) is 20.7. The summed E-state index contributed by atoms with van der Waals surface area (Å²) in [6.07, 6.45) is 0.145. The standard InChI is InChI=1S/C26H20Cl2N4O5/c27-18-5-2-6-19(28)22(18)23(34)30-20(25(35)36)11-14-7-9-15(10-8-14)12-21(33)16-3-1-4-17(13-16)24-31-26(29)32-37-24/h1-10,13,20H,11-12H2,(H2,29,32)(H,30,34)(H,35,36)/t20-/m0/s1. The first-order valence-electron chi connectivity index (χ1n) is 11.0. The minimum absolute atomic E-state index is 0.00387. The number of aliphatic carboxylic acids is 1. The van der Waals surface area contributed by atoms with Gasteiger partial charge in [-0.05, 0) is 40.5 Å². The molecule has 0 spiro atoms. The van der Waals surface area contributed by atoms with Crippen molar-refractivity contribution in [1.82, 2.24) is 15.5 Å². The van der Waals surface area contributed by atoms with Crippen molar-refractivity contribution < 1.29 is 24.0 Å². The number of ketones is 1. The van der Waals surface area contributed by atoms with E-state index in [1.165, 1.54) is 12.1 Å². The first-order chi connectivity index (χ1) is 17.7. The molecular weight excluding hydrogens is 519 g/mol. The van der Waals surface area contributed by atoms with E-state index in [0.29, 0.717) is 16.7 Å². The Labute approximate surface area is 221 Å². The molecule has 4 aromatic rings. The van der Waals surface area contributed by atoms with Crippen LogP contribution in [0, 0.1) is 0 Å². The number of nitrogens with two attached hydrogens (primary N) is 1. The summed E-state index contributed by atoms with van der Waals surface area (Å²) in [5, 5.41) is 15.9. The molecule has 0 bridgehead atoms. The number of carbonyl (C=O) groups is 3. The number of carbonyl (C=O) groups excluding carboxylic acids is 2. The monoisotopic (exact) mass is 538 g/mol. The number of hydrogen-bond donors (Lipinski definition) is 3. The molecule has 0 aliphatic carbocycles. The molecule has 1 atom stereocenters. The van der Waals surface area contributed by atoms with Crippen molar-refractivity contribution >= 4 is 46.8 Å². The molecule has 0 saturated carbocycles. The van der Waals surface area contributed by atoms with Gasteiger partial charge < -0.3 is 20.7 Å². The summed E-state index contributed by atoms with van der Waals surface area (Å²) < 4.78 is 5.05. The van der Waals surface area contributed by atoms with Gasteiger partial charge >= 0.3 is 5.97 Å². The molecule has 188 valence electrons. The molecule has 37 heavy (non-hydrogen) atoms. The number of aromatic nitrogens is 2. The Morgan fingerprint density at radius 2 is 1.62 bits per heavy atom. The molecule has 11 heteroatoms. The van der Waals surface area contributed by atoms with Crippen molar-refractivity contribution in [2.24, 2.45) is 0 Å². The number of amides is 1. The van der Waals surface area contributed by atoms with Crippen molar-refractivity contribution in [3.8, 4) is 11.5 Å². The lowest BCUT2D eigenvalue weighted by Crippen LogP contribution is -2.42. The average Bonchev–Trinajstić information content (AvgIpc) is 3.31. The van der Waals surface area contributed by atoms with E-state index in [0.717, 1.165) is 5.56 Å². The summed E-state index contributed by atoms with van der Waals surface area (Å²) >= 11 is 12.1. The fraction of sp³-hybridized carbons (Fsp3) is 0.115. The van der Waals surface area contributed by atoms with Gasteiger partial charge in [0.15, 0.2) is 5.78 Å². The minimum Gasteiger partial charge on any atom is -0.480 e. The van der Waals surface area contributed by atoms with Gasteiger partial charge in [-0.3, -0.25) is 9.59 Å². The number of anilines is 1. The molecule has 0 fully saturated rings. The van der Waals surface area contributed by atoms with Crippen LogP contribution in [0.5, 0.6) is 0 Å². The van der Waals surface area contributed by atoms with Gasteiger partial charge in [-0.1, -0.05) is 65.7 Å². The molecule has 0 aliphatic rings. The highest BCUT2D eigenvalue weighted by atomic mass is 35.5. The third kappa shape index (κ3) is 6.32. The zero-order valence-electron chi connectivity index (χ0n) is 19.2. The third-order valence-corrected chi connectivity index (χ3v) is 6.12. The molecule has 4 rings (SSSR count). The van der Waals surface area contributed by atoms with E-state index < -0.39 is 17.9 Å². The van der Waals surface area contributed by atoms with Crippen LogP contribution in [0.15, 0.2) is 71.3 Å². The Kier molecular flexibility index (Phi) is 7.86. The molecule has 3 aromatic carbocycles. The molecule has 0 aliphatic heterocycles. The second kappa shape index (κ2) is 11.2. The minimum atomic E-state index is -1.21. The van der Waals surface area contributed by atoms with Gasteiger partial charge in [0.05, 0.1) is 15.6 Å². The van der Waals surface area contributed by atoms with Crippen molar-refractivity contribution in [2.75, 3.05) is 5.73 Å². The third-order valence-electron chi connectivity index (χ3n) is 5.49. The Morgan fingerprint density at radius 1 is 0.973 bits per heavy atom. The second-order valence-electron chi connectivity index (χ2n) is 8.12. The first kappa shape index (κ1) is 25.9. The largest absolute Gasteiger partial charge is 0.480 e. The summed E-state index contributed by atoms with van der Waals surface area (Å²) in [6, 6.07) is 17.0. The smallest absolute Gasteiger partial charge is 0.326 e. The van der Waals surface area contributed by atoms with E-state index in [9.17, 15) is 19.5 Å². The SMILES string of the molecule is Nc1noc(-c2cccc(C(=O)Cc3ccc(C[C@H](NC(=O)c4c(Cl)cccc4Cl)C(=O)O)cc3)c2)n1. The number of hydrogen-bond acceptors (Lipinski definition) is 7. The molecular formula is C26H20Cl2N4O5. The van der Waals surface area contributed by atoms with Crippen LogP contribution in [0.2, 0.25) is 10.0 Å². The highest BCUT2D eigenvalue weighted by Crippen LogP contribution is 2.24. The Morgan fingerprint density at radius 3 is 2.24 bits per heavy atom. The van der Waals surface area contributed by atoms with Crippen LogP contribution in [0.3, 0.4) is 0 Å². The number of halogens is 2. The lowest BCUT2D eigenvalue weighted by molar-refractivity contribution is -0.139. The van der Waals surface area contributed by atoms with Gasteiger partial charge in [0.2, 0.25) is 0 Å². The number of rotatable bonds is 9. The number of carboxylic acids is 1. The Hall–Kier alpha value is -4.21. The predicted octanol–water partition coefficient (Wildman–Crippen LogP) is 4.48. The summed E-state index contributed by atoms with van der Waals surface area (Å²) in [5.41, 5.74) is 7.93. The van der Waals surface area contributed by atoms with Crippen molar-refractivity contribution in [1.29, 1.82) is 0 Å². The van der Waals surface area contributed by atoms with Gasteiger partial charge in [0.25, 0.3) is 17.7 Å². The van der Waals surface area contributed by atoms with Crippen LogP contribution >= 0.6 is 23.2 Å². The van der Waals surface area contributed by atoms with E-state index in [1.54, 1.807) is 54.6 Å². The van der Waals surface area contributed by atoms with Gasteiger partial charge in [0.1, 0.15) is 6.04 Å². The van der Waals surface area contributed by atoms with Crippen LogP contribution in [0.25, 0.3) is 11.5 Å². The first-order valence-corrected chi connectivity index (χ1v) is 11.7. The second-order valence-corrected chi connectivity index (χ2v) is 8.93. The fourth-order valence-corrected chi connectivity index (χ4v) is 4.21. The highest BCUT2D eigenvalue weighted by molar-refractivity contribution is 6.39. The van der Waals surface area contributed by atoms with E-state index in [2.05, 4.69) is 15.5 Å². The molecule has 9 nitrogen and oxygen atoms in total. The molecule has 0 radical (unpaired) electrons. The van der Waals surface area contributed by atoms with E-state index in [4.69, 9.17) is 33.5 Å². The molecule has 0 unspecified atom stereocenters. The van der Waals surface area contributed by atoms with Gasteiger partial charge in [-0.15, -0.1) is 0 Å². The molecule has 0 saturated heterocycles. The Balaban J connectivity index is 1.41. The van der Waals surface area contributed by atoms with E-state index >= 15 is 0 Å². The van der Waals surface area contributed by atoms with Crippen LogP contribution in [0.1, 0.15) is 31.8 Å². The summed E-state index contributed by atoms with van der Waals surface area (Å²) in [4.78, 5) is 41.2. The van der Waals surface area contributed by atoms with Crippen LogP contribution < -0.4 is 11.1 Å². The number of carboxylic acid groups (broad SMARTS) is 1. The quantitative estimate of drug-likeness (QED) is 0.264. The van der Waals surface area contributed by atoms with Crippen molar-refractivity contribution in [3.63, 3.8) is 0 Å². The molecule has 1 amide bonds. The number of nitrogens with zero attached hydrogens (tertiary/aromatic N) is 2. The molecule has 1 aromatic heterocycles. The summed E-state index contributed by atoms with van der Waals surface area (Å²) in [7, 11) is 0. The van der Waals surface area contributed by atoms with Crippen LogP contribution in [0.4, 0.5) is 5.95 Å². The average molecular weight is 539 g/mol. The molecule has 1 heterocycles. The summed E-state index contributed by atoms with van der Waals surface area (Å²) in [5.74, 6) is -1.80. The number of Topliss-reactive ketones (excluding diaryl/α,β-unsaturated/α-hetero) is 1. The maximum absolute atomic E-state index is 12.8. The van der Waals surface area contributed by atoms with Crippen molar-refractivity contribution in [2.45, 2.75) is 18.9 Å². The topological polar surface area (TPSA) is 148 Å².